The van der Waals surface area contributed by atoms with Crippen LogP contribution in [0.3, 0.4) is 0 Å². The van der Waals surface area contributed by atoms with Gasteiger partial charge in [0.15, 0.2) is 0 Å². The molecule has 1 aliphatic heterocycles. The average Bonchev–Trinajstić information content (AvgIpc) is 2.80. The van der Waals surface area contributed by atoms with Crippen LogP contribution in [0.15, 0.2) is 0 Å². The number of carbonyl (C=O) groups is 1. The molecule has 1 amide bonds. The third kappa shape index (κ3) is 2.19. The Kier molecular flexibility index (Phi) is 3.45. The molecule has 2 rings (SSSR count). The number of nitrogens with one attached hydrogen (secondary N) is 1. The predicted molar refractivity (Wildman–Crippen MR) is 60.1 cm³/mol. The Bertz CT molecular complexity index is 296. The maximum Gasteiger partial charge on any atom is 0.254 e. The van der Waals surface area contributed by atoms with Gasteiger partial charge in [-0.05, 0) is 25.7 Å². The topological polar surface area (TPSA) is 56.1 Å². The zero-order valence-electron chi connectivity index (χ0n) is 9.67. The van der Waals surface area contributed by atoms with Crippen molar-refractivity contribution in [3.05, 3.63) is 0 Å². The second kappa shape index (κ2) is 4.84. The Morgan fingerprint density at radius 3 is 2.31 bits per heavy atom. The molecule has 4 nitrogen and oxygen atoms in total. The summed E-state index contributed by atoms with van der Waals surface area (Å²) in [5, 5.41) is 11.2. The molecule has 0 spiro atoms. The smallest absolute Gasteiger partial charge is 0.254 e. The minimum atomic E-state index is -0.739. The number of nitriles is 1. The zero-order valence-corrected chi connectivity index (χ0v) is 9.67. The Morgan fingerprint density at radius 1 is 1.12 bits per heavy atom. The molecule has 1 heterocycles. The minimum Gasteiger partial charge on any atom is -0.288 e. The van der Waals surface area contributed by atoms with E-state index in [0.717, 1.165) is 51.6 Å². The van der Waals surface area contributed by atoms with Crippen LogP contribution in [0, 0.1) is 16.7 Å². The van der Waals surface area contributed by atoms with E-state index in [0.29, 0.717) is 0 Å². The molecule has 0 aromatic carbocycles. The summed E-state index contributed by atoms with van der Waals surface area (Å²) >= 11 is 0. The van der Waals surface area contributed by atoms with Crippen LogP contribution < -0.4 is 5.43 Å². The van der Waals surface area contributed by atoms with Gasteiger partial charge in [-0.15, -0.1) is 0 Å². The summed E-state index contributed by atoms with van der Waals surface area (Å²) in [6.07, 6.45) is 6.98. The summed E-state index contributed by atoms with van der Waals surface area (Å²) in [6, 6.07) is 2.23. The van der Waals surface area contributed by atoms with Crippen LogP contribution >= 0.6 is 0 Å². The van der Waals surface area contributed by atoms with E-state index < -0.39 is 5.41 Å². The molecule has 1 N–H and O–H groups in total. The molecule has 0 radical (unpaired) electrons. The van der Waals surface area contributed by atoms with Crippen LogP contribution in [-0.4, -0.2) is 24.0 Å². The highest BCUT2D eigenvalue weighted by molar-refractivity contribution is 5.85. The van der Waals surface area contributed by atoms with Crippen molar-refractivity contribution in [1.29, 1.82) is 5.26 Å². The maximum atomic E-state index is 12.1. The number of rotatable bonds is 2. The lowest BCUT2D eigenvalue weighted by molar-refractivity contribution is -0.133. The second-order valence-electron chi connectivity index (χ2n) is 4.89. The average molecular weight is 221 g/mol. The second-order valence-corrected chi connectivity index (χ2v) is 4.89. The van der Waals surface area contributed by atoms with Gasteiger partial charge >= 0.3 is 0 Å². The van der Waals surface area contributed by atoms with Crippen LogP contribution in [0.1, 0.15) is 44.9 Å². The van der Waals surface area contributed by atoms with E-state index in [1.807, 2.05) is 5.01 Å². The molecular formula is C12H19N3O. The Labute approximate surface area is 96.6 Å². The Morgan fingerprint density at radius 2 is 1.75 bits per heavy atom. The van der Waals surface area contributed by atoms with Gasteiger partial charge in [-0.25, -0.2) is 5.01 Å². The third-order valence-electron chi connectivity index (χ3n) is 3.72. The van der Waals surface area contributed by atoms with Gasteiger partial charge in [-0.1, -0.05) is 19.3 Å². The van der Waals surface area contributed by atoms with E-state index in [9.17, 15) is 10.1 Å². The summed E-state index contributed by atoms with van der Waals surface area (Å²) in [6.45, 7) is 1.85. The normalized spacial score (nSPS) is 24.9. The summed E-state index contributed by atoms with van der Waals surface area (Å²) in [5.41, 5.74) is 2.19. The van der Waals surface area contributed by atoms with Crippen LogP contribution in [0.25, 0.3) is 0 Å². The molecule has 4 heteroatoms. The molecule has 0 atom stereocenters. The number of amides is 1. The fraction of sp³-hybridized carbons (Fsp3) is 0.833. The summed E-state index contributed by atoms with van der Waals surface area (Å²) < 4.78 is 0. The zero-order chi connectivity index (χ0) is 11.4. The molecule has 1 saturated carbocycles. The number of hydrogen-bond acceptors (Lipinski definition) is 3. The van der Waals surface area contributed by atoms with Gasteiger partial charge in [0.25, 0.3) is 5.91 Å². The Balaban J connectivity index is 1.93. The van der Waals surface area contributed by atoms with Crippen LogP contribution in [-0.2, 0) is 4.79 Å². The van der Waals surface area contributed by atoms with E-state index in [1.54, 1.807) is 0 Å². The van der Waals surface area contributed by atoms with E-state index >= 15 is 0 Å². The van der Waals surface area contributed by atoms with Crippen molar-refractivity contribution in [3.63, 3.8) is 0 Å². The molecular weight excluding hydrogens is 202 g/mol. The van der Waals surface area contributed by atoms with Gasteiger partial charge < -0.3 is 0 Å². The summed E-state index contributed by atoms with van der Waals surface area (Å²) in [5.74, 6) is -0.0746. The summed E-state index contributed by atoms with van der Waals surface area (Å²) in [4.78, 5) is 12.1. The van der Waals surface area contributed by atoms with Crippen LogP contribution in [0.5, 0.6) is 0 Å². The lowest BCUT2D eigenvalue weighted by Crippen LogP contribution is -2.50. The molecule has 0 aromatic rings. The number of hydrazine groups is 1. The highest BCUT2D eigenvalue weighted by Gasteiger charge is 2.42. The fourth-order valence-electron chi connectivity index (χ4n) is 2.62. The van der Waals surface area contributed by atoms with Gasteiger partial charge in [-0.2, -0.15) is 5.26 Å². The van der Waals surface area contributed by atoms with Crippen molar-refractivity contribution in [3.8, 4) is 6.07 Å². The van der Waals surface area contributed by atoms with E-state index in [4.69, 9.17) is 0 Å². The van der Waals surface area contributed by atoms with Crippen molar-refractivity contribution in [2.75, 3.05) is 13.1 Å². The SMILES string of the molecule is N#CC1(C(=O)NN2CCCCC2)CCCC1. The molecule has 1 aliphatic carbocycles. The van der Waals surface area contributed by atoms with E-state index in [1.165, 1.54) is 6.42 Å². The predicted octanol–water partition coefficient (Wildman–Crippen LogP) is 1.59. The van der Waals surface area contributed by atoms with Crippen LogP contribution in [0.2, 0.25) is 0 Å². The van der Waals surface area contributed by atoms with Crippen LogP contribution in [0.4, 0.5) is 0 Å². The molecule has 16 heavy (non-hydrogen) atoms. The van der Waals surface area contributed by atoms with Crippen molar-refractivity contribution >= 4 is 5.91 Å². The molecule has 88 valence electrons. The number of hydrogen-bond donors (Lipinski definition) is 1. The van der Waals surface area contributed by atoms with Gasteiger partial charge in [0.2, 0.25) is 0 Å². The fourth-order valence-corrected chi connectivity index (χ4v) is 2.62. The number of piperidine rings is 1. The lowest BCUT2D eigenvalue weighted by atomic mass is 9.87. The van der Waals surface area contributed by atoms with Gasteiger partial charge in [-0.3, -0.25) is 10.2 Å². The molecule has 2 fully saturated rings. The van der Waals surface area contributed by atoms with Gasteiger partial charge in [0.1, 0.15) is 5.41 Å². The lowest BCUT2D eigenvalue weighted by Gasteiger charge is -2.30. The maximum absolute atomic E-state index is 12.1. The first-order valence-corrected chi connectivity index (χ1v) is 6.24. The highest BCUT2D eigenvalue weighted by Crippen LogP contribution is 2.37. The number of nitrogens with zero attached hydrogens (tertiary/aromatic N) is 2. The molecule has 1 saturated heterocycles. The van der Waals surface area contributed by atoms with Crippen molar-refractivity contribution < 1.29 is 4.79 Å². The van der Waals surface area contributed by atoms with Gasteiger partial charge in [0.05, 0.1) is 6.07 Å². The molecule has 0 aromatic heterocycles. The van der Waals surface area contributed by atoms with Crippen molar-refractivity contribution in [2.24, 2.45) is 5.41 Å². The van der Waals surface area contributed by atoms with E-state index in [-0.39, 0.29) is 5.91 Å². The van der Waals surface area contributed by atoms with Crippen molar-refractivity contribution in [1.82, 2.24) is 10.4 Å². The molecule has 0 bridgehead atoms. The van der Waals surface area contributed by atoms with Crippen molar-refractivity contribution in [2.45, 2.75) is 44.9 Å². The first-order valence-electron chi connectivity index (χ1n) is 6.24. The molecule has 2 aliphatic rings. The standard InChI is InChI=1S/C12H19N3O/c13-10-12(6-2-3-7-12)11(16)14-15-8-4-1-5-9-15/h1-9H2,(H,14,16). The quantitative estimate of drug-likeness (QED) is 0.770. The first-order chi connectivity index (χ1) is 7.77. The molecule has 0 unspecified atom stereocenters. The van der Waals surface area contributed by atoms with E-state index in [2.05, 4.69) is 11.5 Å². The monoisotopic (exact) mass is 221 g/mol. The van der Waals surface area contributed by atoms with Gasteiger partial charge in [0, 0.05) is 13.1 Å². The Hall–Kier alpha value is -1.08. The highest BCUT2D eigenvalue weighted by atomic mass is 16.2. The first kappa shape index (κ1) is 11.4. The summed E-state index contributed by atoms with van der Waals surface area (Å²) in [7, 11) is 0. The third-order valence-corrected chi connectivity index (χ3v) is 3.72. The largest absolute Gasteiger partial charge is 0.288 e. The number of carbonyl (C=O) groups excluding carboxylic acids is 1. The minimum absolute atomic E-state index is 0.0746.